The number of rotatable bonds is 8. The minimum Gasteiger partial charge on any atom is -0.508 e. The fourth-order valence-corrected chi connectivity index (χ4v) is 4.72. The van der Waals surface area contributed by atoms with Crippen LogP contribution in [0.25, 0.3) is 28.3 Å². The van der Waals surface area contributed by atoms with E-state index in [2.05, 4.69) is 55.3 Å². The third-order valence-corrected chi connectivity index (χ3v) is 7.23. The number of aromatic hydroxyl groups is 1. The third kappa shape index (κ3) is 6.47. The number of Topliss-reactive ketones (excluding diaryl/α,β-unsaturated/α-hetero) is 1. The lowest BCUT2D eigenvalue weighted by Crippen LogP contribution is -2.41. The molecule has 0 unspecified atom stereocenters. The number of benzene rings is 3. The summed E-state index contributed by atoms with van der Waals surface area (Å²) < 4.78 is 1.90. The Morgan fingerprint density at radius 3 is 2.17 bits per heavy atom. The highest BCUT2D eigenvalue weighted by atomic mass is 16.3. The van der Waals surface area contributed by atoms with Crippen molar-refractivity contribution in [3.63, 3.8) is 0 Å². The van der Waals surface area contributed by atoms with E-state index in [0.717, 1.165) is 33.9 Å². The van der Waals surface area contributed by atoms with Crippen molar-refractivity contribution in [2.24, 2.45) is 0 Å². The Labute approximate surface area is 245 Å². The van der Waals surface area contributed by atoms with Gasteiger partial charge in [-0.1, -0.05) is 63.2 Å². The zero-order valence-electron chi connectivity index (χ0n) is 24.2. The number of amides is 1. The molecule has 3 aromatic carbocycles. The molecular formula is C35H34N4O3. The molecule has 5 aromatic rings. The maximum Gasteiger partial charge on any atom is 0.251 e. The average molecular weight is 559 g/mol. The number of hydrogen-bond acceptors (Lipinski definition) is 5. The summed E-state index contributed by atoms with van der Waals surface area (Å²) in [5.74, 6) is -0.324. The number of aromatic nitrogens is 3. The van der Waals surface area contributed by atoms with Crippen LogP contribution in [0.2, 0.25) is 0 Å². The number of phenols is 1. The Morgan fingerprint density at radius 1 is 0.881 bits per heavy atom. The largest absolute Gasteiger partial charge is 0.508 e. The molecule has 0 aliphatic carbocycles. The first-order chi connectivity index (χ1) is 20.1. The molecule has 0 saturated heterocycles. The van der Waals surface area contributed by atoms with Gasteiger partial charge < -0.3 is 10.4 Å². The van der Waals surface area contributed by atoms with Crippen LogP contribution in [0.1, 0.15) is 49.2 Å². The van der Waals surface area contributed by atoms with Crippen molar-refractivity contribution >= 4 is 11.7 Å². The van der Waals surface area contributed by atoms with Gasteiger partial charge in [0.25, 0.3) is 5.91 Å². The van der Waals surface area contributed by atoms with Gasteiger partial charge in [0, 0.05) is 17.3 Å². The van der Waals surface area contributed by atoms with Gasteiger partial charge in [-0.15, -0.1) is 0 Å². The number of phenolic OH excluding ortho intramolecular Hbond substituents is 1. The quantitative estimate of drug-likeness (QED) is 0.226. The highest BCUT2D eigenvalue weighted by Crippen LogP contribution is 2.30. The van der Waals surface area contributed by atoms with E-state index in [4.69, 9.17) is 5.10 Å². The van der Waals surface area contributed by atoms with Crippen LogP contribution in [0.3, 0.4) is 0 Å². The zero-order valence-corrected chi connectivity index (χ0v) is 24.2. The fourth-order valence-electron chi connectivity index (χ4n) is 4.72. The lowest BCUT2D eigenvalue weighted by atomic mass is 9.87. The van der Waals surface area contributed by atoms with Crippen molar-refractivity contribution in [2.45, 2.75) is 45.6 Å². The summed E-state index contributed by atoms with van der Waals surface area (Å²) in [5, 5.41) is 17.3. The summed E-state index contributed by atoms with van der Waals surface area (Å²) in [6, 6.07) is 29.3. The van der Waals surface area contributed by atoms with Gasteiger partial charge in [-0.3, -0.25) is 14.6 Å². The van der Waals surface area contributed by atoms with Crippen molar-refractivity contribution in [1.29, 1.82) is 0 Å². The molecule has 0 aliphatic rings. The molecule has 1 amide bonds. The predicted molar refractivity (Wildman–Crippen MR) is 165 cm³/mol. The molecule has 0 aliphatic heterocycles. The molecule has 7 heteroatoms. The Kier molecular flexibility index (Phi) is 8.02. The molecule has 42 heavy (non-hydrogen) atoms. The smallest absolute Gasteiger partial charge is 0.251 e. The van der Waals surface area contributed by atoms with Crippen molar-refractivity contribution in [1.82, 2.24) is 20.1 Å². The summed E-state index contributed by atoms with van der Waals surface area (Å²) in [7, 11) is 0. The molecule has 0 saturated carbocycles. The van der Waals surface area contributed by atoms with E-state index < -0.39 is 6.04 Å². The first kappa shape index (κ1) is 28.5. The van der Waals surface area contributed by atoms with Crippen molar-refractivity contribution < 1.29 is 14.7 Å². The predicted octanol–water partition coefficient (Wildman–Crippen LogP) is 6.53. The SMILES string of the molecule is CC(=O)[C@H](Cc1ccc(O)cc1)NC(=O)c1ccc(-c2cc(-c3ccccn3)nn2-c2ccc(C(C)(C)C)cc2)cc1. The molecule has 2 heterocycles. The van der Waals surface area contributed by atoms with Gasteiger partial charge in [-0.05, 0) is 84.5 Å². The molecule has 0 radical (unpaired) electrons. The van der Waals surface area contributed by atoms with Crippen LogP contribution >= 0.6 is 0 Å². The minimum atomic E-state index is -0.680. The number of ketones is 1. The summed E-state index contributed by atoms with van der Waals surface area (Å²) in [6.07, 6.45) is 2.08. The van der Waals surface area contributed by atoms with E-state index in [1.165, 1.54) is 12.5 Å². The van der Waals surface area contributed by atoms with E-state index in [1.807, 2.05) is 41.1 Å². The van der Waals surface area contributed by atoms with Crippen LogP contribution in [0.15, 0.2) is 103 Å². The van der Waals surface area contributed by atoms with Crippen LogP contribution in [0.5, 0.6) is 5.75 Å². The molecule has 0 spiro atoms. The van der Waals surface area contributed by atoms with E-state index in [1.54, 1.807) is 42.6 Å². The summed E-state index contributed by atoms with van der Waals surface area (Å²) in [5.41, 5.74) is 6.72. The second-order valence-electron chi connectivity index (χ2n) is 11.4. The number of carbonyl (C=O) groups excluding carboxylic acids is 2. The first-order valence-electron chi connectivity index (χ1n) is 13.9. The highest BCUT2D eigenvalue weighted by Gasteiger charge is 2.20. The molecular weight excluding hydrogens is 524 g/mol. The van der Waals surface area contributed by atoms with Crippen molar-refractivity contribution in [2.75, 3.05) is 0 Å². The van der Waals surface area contributed by atoms with Crippen LogP contribution in [-0.2, 0) is 16.6 Å². The standard InChI is InChI=1S/C35H34N4O3/c1-23(40)31(21-24-8-18-29(41)19-9-24)37-34(42)26-12-10-25(11-13-26)33-22-32(30-7-5-6-20-36-30)38-39(33)28-16-14-27(15-17-28)35(2,3)4/h5-20,22,31,41H,21H2,1-4H3,(H,37,42)/t31-/m0/s1. The molecule has 212 valence electrons. The fraction of sp³-hybridized carbons (Fsp3) is 0.200. The molecule has 5 rings (SSSR count). The number of carbonyl (C=O) groups is 2. The second-order valence-corrected chi connectivity index (χ2v) is 11.4. The normalized spacial score (nSPS) is 12.1. The first-order valence-corrected chi connectivity index (χ1v) is 13.9. The monoisotopic (exact) mass is 558 g/mol. The second kappa shape index (κ2) is 11.8. The van der Waals surface area contributed by atoms with Gasteiger partial charge in [0.15, 0.2) is 5.78 Å². The number of hydrogen-bond donors (Lipinski definition) is 2. The number of nitrogens with zero attached hydrogens (tertiary/aromatic N) is 3. The Morgan fingerprint density at radius 2 is 1.57 bits per heavy atom. The van der Waals surface area contributed by atoms with Crippen LogP contribution in [-0.4, -0.2) is 37.6 Å². The lowest BCUT2D eigenvalue weighted by Gasteiger charge is -2.19. The molecule has 7 nitrogen and oxygen atoms in total. The molecule has 2 N–H and O–H groups in total. The molecule has 1 atom stereocenters. The van der Waals surface area contributed by atoms with Gasteiger partial charge in [0.05, 0.1) is 23.1 Å². The minimum absolute atomic E-state index is 0.0342. The van der Waals surface area contributed by atoms with E-state index in [0.29, 0.717) is 12.0 Å². The van der Waals surface area contributed by atoms with Crippen LogP contribution in [0.4, 0.5) is 0 Å². The van der Waals surface area contributed by atoms with E-state index in [-0.39, 0.29) is 22.9 Å². The topological polar surface area (TPSA) is 97.1 Å². The van der Waals surface area contributed by atoms with Gasteiger partial charge >= 0.3 is 0 Å². The van der Waals surface area contributed by atoms with E-state index >= 15 is 0 Å². The molecule has 2 aromatic heterocycles. The van der Waals surface area contributed by atoms with Crippen molar-refractivity contribution in [3.05, 3.63) is 120 Å². The van der Waals surface area contributed by atoms with Crippen LogP contribution in [0, 0.1) is 0 Å². The maximum atomic E-state index is 13.1. The van der Waals surface area contributed by atoms with Gasteiger partial charge in [-0.2, -0.15) is 5.10 Å². The summed E-state index contributed by atoms with van der Waals surface area (Å²) >= 11 is 0. The Hall–Kier alpha value is -5.04. The van der Waals surface area contributed by atoms with E-state index in [9.17, 15) is 14.7 Å². The molecule has 0 fully saturated rings. The summed E-state index contributed by atoms with van der Waals surface area (Å²) in [6.45, 7) is 8.02. The highest BCUT2D eigenvalue weighted by molar-refractivity contribution is 5.98. The molecule has 0 bridgehead atoms. The lowest BCUT2D eigenvalue weighted by molar-refractivity contribution is -0.118. The maximum absolute atomic E-state index is 13.1. The number of nitrogens with one attached hydrogen (secondary N) is 1. The Bertz CT molecular complexity index is 1680. The third-order valence-electron chi connectivity index (χ3n) is 7.23. The van der Waals surface area contributed by atoms with Gasteiger partial charge in [0.1, 0.15) is 11.4 Å². The number of pyridine rings is 1. The van der Waals surface area contributed by atoms with Crippen LogP contribution < -0.4 is 5.32 Å². The summed E-state index contributed by atoms with van der Waals surface area (Å²) in [4.78, 5) is 29.9. The van der Waals surface area contributed by atoms with Gasteiger partial charge in [0.2, 0.25) is 0 Å². The zero-order chi connectivity index (χ0) is 29.9. The van der Waals surface area contributed by atoms with Crippen molar-refractivity contribution in [3.8, 4) is 34.1 Å². The Balaban J connectivity index is 1.42. The van der Waals surface area contributed by atoms with Gasteiger partial charge in [-0.25, -0.2) is 4.68 Å². The average Bonchev–Trinajstić information content (AvgIpc) is 3.44.